The van der Waals surface area contributed by atoms with Crippen molar-refractivity contribution in [3.8, 4) is 0 Å². The molecule has 0 saturated carbocycles. The van der Waals surface area contributed by atoms with Crippen LogP contribution in [0.1, 0.15) is 18.4 Å². The van der Waals surface area contributed by atoms with E-state index < -0.39 is 47.5 Å². The van der Waals surface area contributed by atoms with Crippen LogP contribution in [0.2, 0.25) is 0 Å². The van der Waals surface area contributed by atoms with Gasteiger partial charge >= 0.3 is 5.97 Å². The molecule has 206 valence electrons. The Kier molecular flexibility index (Phi) is 7.85. The molecular formula is C28H37N3O7. The van der Waals surface area contributed by atoms with E-state index in [1.54, 1.807) is 11.0 Å². The Bertz CT molecular complexity index is 1050. The molecule has 10 nitrogen and oxygen atoms in total. The third-order valence-corrected chi connectivity index (χ3v) is 8.63. The maximum atomic E-state index is 14.4. The monoisotopic (exact) mass is 527 g/mol. The number of hydrogen-bond acceptors (Lipinski definition) is 7. The lowest BCUT2D eigenvalue weighted by Gasteiger charge is -2.40. The van der Waals surface area contributed by atoms with Gasteiger partial charge in [0.05, 0.1) is 43.8 Å². The van der Waals surface area contributed by atoms with Gasteiger partial charge in [-0.25, -0.2) is 0 Å². The van der Waals surface area contributed by atoms with E-state index in [4.69, 9.17) is 9.47 Å². The van der Waals surface area contributed by atoms with Crippen molar-refractivity contribution < 1.29 is 34.1 Å². The van der Waals surface area contributed by atoms with Gasteiger partial charge in [0, 0.05) is 32.7 Å². The number of rotatable bonds is 11. The van der Waals surface area contributed by atoms with Crippen molar-refractivity contribution in [3.05, 3.63) is 48.6 Å². The van der Waals surface area contributed by atoms with Crippen LogP contribution in [0.25, 0.3) is 0 Å². The average molecular weight is 528 g/mol. The summed E-state index contributed by atoms with van der Waals surface area (Å²) < 4.78 is 11.8. The highest BCUT2D eigenvalue weighted by Crippen LogP contribution is 2.59. The fourth-order valence-corrected chi connectivity index (χ4v) is 6.89. The minimum absolute atomic E-state index is 0.285. The number of amides is 2. The number of aliphatic hydroxyl groups is 1. The molecule has 0 unspecified atom stereocenters. The van der Waals surface area contributed by atoms with Crippen LogP contribution in [0.15, 0.2) is 43.0 Å². The Morgan fingerprint density at radius 2 is 1.97 bits per heavy atom. The van der Waals surface area contributed by atoms with E-state index in [0.29, 0.717) is 45.6 Å². The molecule has 0 radical (unpaired) electrons. The number of fused-ring (bicyclic) bond motifs is 1. The number of morpholine rings is 1. The van der Waals surface area contributed by atoms with Crippen molar-refractivity contribution in [2.45, 2.75) is 43.1 Å². The van der Waals surface area contributed by atoms with Crippen molar-refractivity contribution in [2.75, 3.05) is 52.5 Å². The van der Waals surface area contributed by atoms with E-state index in [9.17, 15) is 24.6 Å². The molecule has 2 bridgehead atoms. The molecule has 4 saturated heterocycles. The number of aliphatic carboxylic acids is 1. The summed E-state index contributed by atoms with van der Waals surface area (Å²) in [5.41, 5.74) is -0.305. The Morgan fingerprint density at radius 1 is 1.24 bits per heavy atom. The van der Waals surface area contributed by atoms with Gasteiger partial charge in [0.25, 0.3) is 0 Å². The first kappa shape index (κ1) is 26.8. The third kappa shape index (κ3) is 4.64. The topological polar surface area (TPSA) is 120 Å². The molecule has 4 aliphatic rings. The quantitative estimate of drug-likeness (QED) is 0.397. The van der Waals surface area contributed by atoms with Gasteiger partial charge in [0.2, 0.25) is 11.8 Å². The van der Waals surface area contributed by atoms with Crippen LogP contribution in [-0.4, -0.2) is 119 Å². The van der Waals surface area contributed by atoms with E-state index in [2.05, 4.69) is 11.5 Å². The minimum atomic E-state index is -1.22. The molecule has 2 N–H and O–H groups in total. The normalized spacial score (nSPS) is 31.3. The molecule has 1 spiro atoms. The van der Waals surface area contributed by atoms with Crippen LogP contribution >= 0.6 is 0 Å². The Labute approximate surface area is 222 Å². The molecule has 4 fully saturated rings. The summed E-state index contributed by atoms with van der Waals surface area (Å²) >= 11 is 0. The molecule has 0 aromatic heterocycles. The maximum absolute atomic E-state index is 14.4. The summed E-state index contributed by atoms with van der Waals surface area (Å²) in [7, 11) is 0. The fourth-order valence-electron chi connectivity index (χ4n) is 6.89. The summed E-state index contributed by atoms with van der Waals surface area (Å²) in [6.07, 6.45) is 2.32. The summed E-state index contributed by atoms with van der Waals surface area (Å²) in [5, 5.41) is 20.5. The summed E-state index contributed by atoms with van der Waals surface area (Å²) in [4.78, 5) is 46.1. The van der Waals surface area contributed by atoms with Crippen LogP contribution in [0.3, 0.4) is 0 Å². The first-order chi connectivity index (χ1) is 18.4. The summed E-state index contributed by atoms with van der Waals surface area (Å²) in [6, 6.07) is 7.77. The van der Waals surface area contributed by atoms with Crippen molar-refractivity contribution in [1.82, 2.24) is 14.7 Å². The zero-order valence-corrected chi connectivity index (χ0v) is 21.6. The summed E-state index contributed by atoms with van der Waals surface area (Å²) in [6.45, 7) is 7.70. The van der Waals surface area contributed by atoms with Gasteiger partial charge in [-0.1, -0.05) is 36.4 Å². The Morgan fingerprint density at radius 3 is 2.63 bits per heavy atom. The van der Waals surface area contributed by atoms with Gasteiger partial charge in [-0.2, -0.15) is 0 Å². The number of ether oxygens (including phenoxy) is 2. The number of aliphatic hydroxyl groups excluding tert-OH is 1. The second-order valence-corrected chi connectivity index (χ2v) is 10.7. The van der Waals surface area contributed by atoms with Gasteiger partial charge in [-0.05, 0) is 24.8 Å². The third-order valence-electron chi connectivity index (χ3n) is 8.63. The lowest BCUT2D eigenvalue weighted by Crippen LogP contribution is -2.59. The maximum Gasteiger partial charge on any atom is 0.310 e. The van der Waals surface area contributed by atoms with E-state index >= 15 is 0 Å². The number of likely N-dealkylation sites (tertiary alicyclic amines) is 1. The smallest absolute Gasteiger partial charge is 0.310 e. The lowest BCUT2D eigenvalue weighted by atomic mass is 9.70. The average Bonchev–Trinajstić information content (AvgIpc) is 3.58. The van der Waals surface area contributed by atoms with E-state index in [-0.39, 0.29) is 19.1 Å². The Balaban J connectivity index is 1.48. The number of carboxylic acids is 1. The van der Waals surface area contributed by atoms with E-state index in [1.165, 1.54) is 4.90 Å². The molecule has 10 heteroatoms. The van der Waals surface area contributed by atoms with Crippen LogP contribution in [0.5, 0.6) is 0 Å². The van der Waals surface area contributed by atoms with Crippen LogP contribution in [-0.2, 0) is 30.3 Å². The van der Waals surface area contributed by atoms with Crippen LogP contribution in [0, 0.1) is 11.8 Å². The number of nitrogens with zero attached hydrogens (tertiary/aromatic N) is 3. The molecule has 1 aromatic carbocycles. The van der Waals surface area contributed by atoms with Gasteiger partial charge in [-0.3, -0.25) is 19.3 Å². The molecule has 4 heterocycles. The number of benzene rings is 1. The van der Waals surface area contributed by atoms with Crippen molar-refractivity contribution in [2.24, 2.45) is 11.8 Å². The number of carbonyl (C=O) groups is 3. The largest absolute Gasteiger partial charge is 0.481 e. The van der Waals surface area contributed by atoms with E-state index in [0.717, 1.165) is 18.7 Å². The summed E-state index contributed by atoms with van der Waals surface area (Å²) in [5.74, 6) is -3.75. The van der Waals surface area contributed by atoms with Crippen LogP contribution in [0.4, 0.5) is 0 Å². The number of hydrogen-bond donors (Lipinski definition) is 2. The zero-order valence-electron chi connectivity index (χ0n) is 21.6. The van der Waals surface area contributed by atoms with Crippen molar-refractivity contribution in [3.63, 3.8) is 0 Å². The molecule has 6 atom stereocenters. The standard InChI is InChI=1S/C28H37N3O7/c1-2-10-30(12-11-29-13-15-37-16-14-29)26(34)24-28-9-8-21(38-28)22(27(35)36)23(28)25(33)31(24)20(18-32)17-19-6-4-3-5-7-19/h2-7,20-24,32H,1,8-18H2,(H,35,36)/t20-,21-,22+,23+,24-,28+/m1/s1. The predicted octanol–water partition coefficient (Wildman–Crippen LogP) is 0.396. The molecule has 4 aliphatic heterocycles. The second kappa shape index (κ2) is 11.1. The fraction of sp³-hybridized carbons (Fsp3) is 0.607. The molecule has 5 rings (SSSR count). The minimum Gasteiger partial charge on any atom is -0.481 e. The SMILES string of the molecule is C=CCN(CCN1CCOCC1)C(=O)[C@H]1N([C@@H](CO)Cc2ccccc2)C(=O)[C@@H]2[C@@H](C(=O)O)[C@H]3CC[C@]21O3. The second-order valence-electron chi connectivity index (χ2n) is 10.7. The number of carbonyl (C=O) groups excluding carboxylic acids is 2. The van der Waals surface area contributed by atoms with Gasteiger partial charge in [0.1, 0.15) is 11.6 Å². The van der Waals surface area contributed by atoms with Crippen molar-refractivity contribution >= 4 is 17.8 Å². The van der Waals surface area contributed by atoms with E-state index in [1.807, 2.05) is 30.3 Å². The zero-order chi connectivity index (χ0) is 26.9. The molecular weight excluding hydrogens is 490 g/mol. The predicted molar refractivity (Wildman–Crippen MR) is 137 cm³/mol. The molecule has 2 amide bonds. The van der Waals surface area contributed by atoms with Gasteiger partial charge < -0.3 is 29.5 Å². The van der Waals surface area contributed by atoms with Gasteiger partial charge in [-0.15, -0.1) is 6.58 Å². The Hall–Kier alpha value is -2.79. The molecule has 0 aliphatic carbocycles. The molecule has 1 aromatic rings. The highest BCUT2D eigenvalue weighted by molar-refractivity contribution is 5.98. The van der Waals surface area contributed by atoms with Crippen molar-refractivity contribution in [1.29, 1.82) is 0 Å². The first-order valence-corrected chi connectivity index (χ1v) is 13.5. The number of carboxylic acid groups (broad SMARTS) is 1. The highest BCUT2D eigenvalue weighted by Gasteiger charge is 2.75. The first-order valence-electron chi connectivity index (χ1n) is 13.5. The lowest BCUT2D eigenvalue weighted by molar-refractivity contribution is -0.153. The van der Waals surface area contributed by atoms with Gasteiger partial charge in [0.15, 0.2) is 0 Å². The molecule has 38 heavy (non-hydrogen) atoms. The van der Waals surface area contributed by atoms with Crippen LogP contribution < -0.4 is 0 Å². The highest BCUT2D eigenvalue weighted by atomic mass is 16.5.